The van der Waals surface area contributed by atoms with Gasteiger partial charge in [-0.1, -0.05) is 6.07 Å². The number of rotatable bonds is 5. The van der Waals surface area contributed by atoms with Gasteiger partial charge in [-0.25, -0.2) is 18.1 Å². The van der Waals surface area contributed by atoms with Gasteiger partial charge in [0.1, 0.15) is 4.90 Å². The second kappa shape index (κ2) is 5.59. The summed E-state index contributed by atoms with van der Waals surface area (Å²) in [6, 6.07) is 3.43. The molecule has 0 aromatic carbocycles. The van der Waals surface area contributed by atoms with Crippen molar-refractivity contribution in [1.29, 1.82) is 0 Å². The first-order valence-electron chi connectivity index (χ1n) is 5.94. The van der Waals surface area contributed by atoms with Crippen LogP contribution in [0, 0.1) is 13.8 Å². The van der Waals surface area contributed by atoms with Crippen LogP contribution in [-0.4, -0.2) is 30.7 Å². The van der Waals surface area contributed by atoms with Crippen LogP contribution in [0.5, 0.6) is 5.88 Å². The van der Waals surface area contributed by atoms with Gasteiger partial charge in [0.25, 0.3) is 0 Å². The molecule has 2 heterocycles. The molecule has 0 spiro atoms. The Morgan fingerprint density at radius 3 is 2.60 bits per heavy atom. The van der Waals surface area contributed by atoms with E-state index in [0.29, 0.717) is 17.3 Å². The van der Waals surface area contributed by atoms with Crippen LogP contribution in [-0.2, 0) is 16.6 Å². The van der Waals surface area contributed by atoms with Crippen LogP contribution in [0.25, 0.3) is 0 Å². The van der Waals surface area contributed by atoms with Gasteiger partial charge in [0, 0.05) is 18.8 Å². The van der Waals surface area contributed by atoms with Gasteiger partial charge < -0.3 is 4.74 Å². The summed E-state index contributed by atoms with van der Waals surface area (Å²) in [6.07, 6.45) is 1.57. The van der Waals surface area contributed by atoms with E-state index < -0.39 is 10.0 Å². The van der Waals surface area contributed by atoms with Gasteiger partial charge in [0.15, 0.2) is 0 Å². The lowest BCUT2D eigenvalue weighted by molar-refractivity contribution is 0.397. The third-order valence-corrected chi connectivity index (χ3v) is 4.47. The number of aromatic amines is 1. The predicted molar refractivity (Wildman–Crippen MR) is 72.9 cm³/mol. The van der Waals surface area contributed by atoms with Gasteiger partial charge in [0.2, 0.25) is 15.9 Å². The van der Waals surface area contributed by atoms with E-state index in [1.807, 2.05) is 0 Å². The molecule has 0 aliphatic rings. The highest BCUT2D eigenvalue weighted by molar-refractivity contribution is 7.89. The Hall–Kier alpha value is -1.93. The largest absolute Gasteiger partial charge is 0.481 e. The first kappa shape index (κ1) is 14.5. The van der Waals surface area contributed by atoms with Crippen molar-refractivity contribution in [1.82, 2.24) is 19.9 Å². The second-order valence-electron chi connectivity index (χ2n) is 4.30. The lowest BCUT2D eigenvalue weighted by Gasteiger charge is -2.07. The molecule has 0 aliphatic heterocycles. The summed E-state index contributed by atoms with van der Waals surface area (Å²) >= 11 is 0. The summed E-state index contributed by atoms with van der Waals surface area (Å²) in [5, 5.41) is 6.55. The monoisotopic (exact) mass is 296 g/mol. The number of sulfonamides is 1. The third-order valence-electron chi connectivity index (χ3n) is 2.80. The average Bonchev–Trinajstić information content (AvgIpc) is 2.77. The van der Waals surface area contributed by atoms with Crippen molar-refractivity contribution in [3.8, 4) is 5.88 Å². The Balaban J connectivity index is 2.13. The Kier molecular flexibility index (Phi) is 4.05. The molecule has 108 valence electrons. The SMILES string of the molecule is COc1ccc(CNS(=O)(=O)c2c(C)n[nH]c2C)cn1. The standard InChI is InChI=1S/C12H16N4O3S/c1-8-12(9(2)16-15-8)20(17,18)14-7-10-4-5-11(19-3)13-6-10/h4-6,14H,7H2,1-3H3,(H,15,16). The van der Waals surface area contributed by atoms with Gasteiger partial charge in [-0.15, -0.1) is 0 Å². The summed E-state index contributed by atoms with van der Waals surface area (Å²) in [4.78, 5) is 4.21. The van der Waals surface area contributed by atoms with Gasteiger partial charge in [-0.05, 0) is 19.4 Å². The van der Waals surface area contributed by atoms with Gasteiger partial charge in [-0.2, -0.15) is 5.10 Å². The van der Waals surface area contributed by atoms with Crippen LogP contribution in [0.15, 0.2) is 23.2 Å². The van der Waals surface area contributed by atoms with Crippen LogP contribution >= 0.6 is 0 Å². The van der Waals surface area contributed by atoms with Gasteiger partial charge in [-0.3, -0.25) is 5.10 Å². The summed E-state index contributed by atoms with van der Waals surface area (Å²) in [5.41, 5.74) is 1.71. The number of ether oxygens (including phenoxy) is 1. The molecular formula is C12H16N4O3S. The fraction of sp³-hybridized carbons (Fsp3) is 0.333. The second-order valence-corrected chi connectivity index (χ2v) is 6.00. The molecule has 0 amide bonds. The van der Waals surface area contributed by atoms with Crippen LogP contribution in [0.4, 0.5) is 0 Å². The molecule has 2 N–H and O–H groups in total. The lowest BCUT2D eigenvalue weighted by Crippen LogP contribution is -2.24. The Morgan fingerprint density at radius 2 is 2.10 bits per heavy atom. The van der Waals surface area contributed by atoms with E-state index in [2.05, 4.69) is 19.9 Å². The first-order valence-corrected chi connectivity index (χ1v) is 7.42. The third kappa shape index (κ3) is 2.97. The summed E-state index contributed by atoms with van der Waals surface area (Å²) in [5.74, 6) is 0.484. The van der Waals surface area contributed by atoms with E-state index in [4.69, 9.17) is 4.74 Å². The van der Waals surface area contributed by atoms with Gasteiger partial charge in [0.05, 0.1) is 18.5 Å². The maximum absolute atomic E-state index is 12.2. The molecule has 7 nitrogen and oxygen atoms in total. The molecular weight excluding hydrogens is 280 g/mol. The van der Waals surface area contributed by atoms with E-state index >= 15 is 0 Å². The lowest BCUT2D eigenvalue weighted by atomic mass is 10.3. The fourth-order valence-electron chi connectivity index (χ4n) is 1.82. The average molecular weight is 296 g/mol. The van der Waals surface area contributed by atoms with Crippen molar-refractivity contribution in [2.24, 2.45) is 0 Å². The molecule has 0 bridgehead atoms. The zero-order valence-corrected chi connectivity index (χ0v) is 12.3. The topological polar surface area (TPSA) is 97.0 Å². The van der Waals surface area contributed by atoms with E-state index in [0.717, 1.165) is 5.56 Å². The van der Waals surface area contributed by atoms with Crippen LogP contribution in [0.2, 0.25) is 0 Å². The quantitative estimate of drug-likeness (QED) is 0.854. The van der Waals surface area contributed by atoms with Crippen LogP contribution in [0.3, 0.4) is 0 Å². The number of pyridine rings is 1. The molecule has 0 fully saturated rings. The number of nitrogens with zero attached hydrogens (tertiary/aromatic N) is 2. The number of hydrogen-bond acceptors (Lipinski definition) is 5. The van der Waals surface area contributed by atoms with Crippen LogP contribution in [0.1, 0.15) is 17.0 Å². The maximum atomic E-state index is 12.2. The van der Waals surface area contributed by atoms with Crippen molar-refractivity contribution in [2.45, 2.75) is 25.3 Å². The highest BCUT2D eigenvalue weighted by Crippen LogP contribution is 2.16. The van der Waals surface area contributed by atoms with Crippen molar-refractivity contribution in [3.63, 3.8) is 0 Å². The molecule has 0 saturated heterocycles. The minimum Gasteiger partial charge on any atom is -0.481 e. The first-order chi connectivity index (χ1) is 9.44. The minimum absolute atomic E-state index is 0.156. The number of hydrogen-bond donors (Lipinski definition) is 2. The Morgan fingerprint density at radius 1 is 1.35 bits per heavy atom. The molecule has 20 heavy (non-hydrogen) atoms. The molecule has 2 aromatic rings. The smallest absolute Gasteiger partial charge is 0.244 e. The Labute approximate surface area is 117 Å². The highest BCUT2D eigenvalue weighted by Gasteiger charge is 2.21. The highest BCUT2D eigenvalue weighted by atomic mass is 32.2. The van der Waals surface area contributed by atoms with E-state index in [1.54, 1.807) is 32.2 Å². The van der Waals surface area contributed by atoms with Crippen LogP contribution < -0.4 is 9.46 Å². The number of nitrogens with one attached hydrogen (secondary N) is 2. The van der Waals surface area contributed by atoms with Crippen molar-refractivity contribution >= 4 is 10.0 Å². The molecule has 0 radical (unpaired) electrons. The van der Waals surface area contributed by atoms with Gasteiger partial charge >= 0.3 is 0 Å². The molecule has 0 atom stereocenters. The van der Waals surface area contributed by atoms with E-state index in [9.17, 15) is 8.42 Å². The van der Waals surface area contributed by atoms with Crippen molar-refractivity contribution in [3.05, 3.63) is 35.3 Å². The minimum atomic E-state index is -3.59. The fourth-order valence-corrected chi connectivity index (χ4v) is 3.21. The molecule has 8 heteroatoms. The molecule has 0 aliphatic carbocycles. The molecule has 0 unspecified atom stereocenters. The number of H-pyrrole nitrogens is 1. The summed E-state index contributed by atoms with van der Waals surface area (Å²) in [7, 11) is -2.07. The van der Waals surface area contributed by atoms with Crippen molar-refractivity contribution < 1.29 is 13.2 Å². The maximum Gasteiger partial charge on any atom is 0.244 e. The van der Waals surface area contributed by atoms with Crippen molar-refractivity contribution in [2.75, 3.05) is 7.11 Å². The summed E-state index contributed by atoms with van der Waals surface area (Å²) < 4.78 is 31.9. The predicted octanol–water partition coefficient (Wildman–Crippen LogP) is 0.909. The van der Waals surface area contributed by atoms with E-state index in [1.165, 1.54) is 7.11 Å². The number of aromatic nitrogens is 3. The number of methoxy groups -OCH3 is 1. The zero-order valence-electron chi connectivity index (χ0n) is 11.5. The Bertz CT molecular complexity index is 672. The number of aryl methyl sites for hydroxylation is 2. The van der Waals surface area contributed by atoms with E-state index in [-0.39, 0.29) is 11.4 Å². The molecule has 2 rings (SSSR count). The zero-order chi connectivity index (χ0) is 14.8. The molecule has 2 aromatic heterocycles. The molecule has 0 saturated carbocycles. The summed E-state index contributed by atoms with van der Waals surface area (Å²) in [6.45, 7) is 3.47. The normalized spacial score (nSPS) is 11.6.